The molecule has 2 heteroatoms. The van der Waals surface area contributed by atoms with Crippen LogP contribution in [-0.2, 0) is 6.42 Å². The predicted octanol–water partition coefficient (Wildman–Crippen LogP) is 3.17. The number of phenols is 2. The van der Waals surface area contributed by atoms with Gasteiger partial charge < -0.3 is 10.2 Å². The van der Waals surface area contributed by atoms with Gasteiger partial charge in [0.25, 0.3) is 0 Å². The first kappa shape index (κ1) is 10.9. The lowest BCUT2D eigenvalue weighted by Crippen LogP contribution is -1.94. The molecule has 1 atom stereocenters. The van der Waals surface area contributed by atoms with Crippen LogP contribution in [0.4, 0.5) is 0 Å². The minimum atomic E-state index is -0.000324. The third-order valence-corrected chi connectivity index (χ3v) is 2.73. The number of rotatable bonds is 3. The summed E-state index contributed by atoms with van der Waals surface area (Å²) in [6, 6.07) is 3.60. The van der Waals surface area contributed by atoms with Crippen LogP contribution < -0.4 is 0 Å². The summed E-state index contributed by atoms with van der Waals surface area (Å²) in [6.07, 6.45) is 1.83. The zero-order chi connectivity index (χ0) is 10.7. The third-order valence-electron chi connectivity index (χ3n) is 2.73. The van der Waals surface area contributed by atoms with Crippen molar-refractivity contribution in [3.8, 4) is 11.5 Å². The van der Waals surface area contributed by atoms with Crippen LogP contribution in [0.2, 0.25) is 0 Å². The van der Waals surface area contributed by atoms with E-state index in [-0.39, 0.29) is 17.4 Å². The fraction of sp³-hybridized carbons (Fsp3) is 0.500. The van der Waals surface area contributed by atoms with Gasteiger partial charge in [-0.1, -0.05) is 26.8 Å². The van der Waals surface area contributed by atoms with Gasteiger partial charge in [0.2, 0.25) is 0 Å². The molecule has 0 aliphatic carbocycles. The van der Waals surface area contributed by atoms with Crippen molar-refractivity contribution in [3.05, 3.63) is 23.3 Å². The molecule has 0 bridgehead atoms. The van der Waals surface area contributed by atoms with E-state index in [4.69, 9.17) is 0 Å². The highest BCUT2D eigenvalue weighted by Crippen LogP contribution is 2.36. The van der Waals surface area contributed by atoms with E-state index in [0.717, 1.165) is 24.0 Å². The first-order valence-corrected chi connectivity index (χ1v) is 5.14. The van der Waals surface area contributed by atoms with Crippen molar-refractivity contribution in [2.24, 2.45) is 0 Å². The number of hydrogen-bond donors (Lipinski definition) is 2. The number of aryl methyl sites for hydroxylation is 1. The summed E-state index contributed by atoms with van der Waals surface area (Å²) in [7, 11) is 0. The molecule has 0 aliphatic heterocycles. The summed E-state index contributed by atoms with van der Waals surface area (Å²) in [5, 5.41) is 19.2. The van der Waals surface area contributed by atoms with Gasteiger partial charge in [-0.15, -0.1) is 0 Å². The van der Waals surface area contributed by atoms with Crippen LogP contribution in [0.1, 0.15) is 44.2 Å². The van der Waals surface area contributed by atoms with Gasteiger partial charge in [-0.2, -0.15) is 0 Å². The van der Waals surface area contributed by atoms with Crippen molar-refractivity contribution in [2.45, 2.75) is 39.5 Å². The van der Waals surface area contributed by atoms with Gasteiger partial charge in [-0.05, 0) is 30.4 Å². The van der Waals surface area contributed by atoms with E-state index in [1.54, 1.807) is 6.07 Å². The smallest absolute Gasteiger partial charge is 0.160 e. The summed E-state index contributed by atoms with van der Waals surface area (Å²) >= 11 is 0. The zero-order valence-electron chi connectivity index (χ0n) is 9.04. The maximum atomic E-state index is 9.67. The van der Waals surface area contributed by atoms with E-state index < -0.39 is 0 Å². The van der Waals surface area contributed by atoms with E-state index in [9.17, 15) is 10.2 Å². The summed E-state index contributed by atoms with van der Waals surface area (Å²) in [5.74, 6) is 0.323. The van der Waals surface area contributed by atoms with Crippen LogP contribution in [0.15, 0.2) is 12.1 Å². The molecule has 0 radical (unpaired) electrons. The van der Waals surface area contributed by atoms with Crippen molar-refractivity contribution in [1.29, 1.82) is 0 Å². The summed E-state index contributed by atoms with van der Waals surface area (Å²) in [6.45, 7) is 6.15. The molecule has 2 nitrogen and oxygen atoms in total. The van der Waals surface area contributed by atoms with E-state index in [1.165, 1.54) is 0 Å². The fourth-order valence-electron chi connectivity index (χ4n) is 1.50. The monoisotopic (exact) mass is 194 g/mol. The van der Waals surface area contributed by atoms with Crippen LogP contribution in [0.5, 0.6) is 11.5 Å². The van der Waals surface area contributed by atoms with Crippen LogP contribution in [0.25, 0.3) is 0 Å². The number of aromatic hydroxyl groups is 2. The Morgan fingerprint density at radius 3 is 2.36 bits per heavy atom. The van der Waals surface area contributed by atoms with Gasteiger partial charge in [-0.25, -0.2) is 0 Å². The van der Waals surface area contributed by atoms with Crippen molar-refractivity contribution < 1.29 is 10.2 Å². The molecular weight excluding hydrogens is 176 g/mol. The summed E-state index contributed by atoms with van der Waals surface area (Å²) < 4.78 is 0. The van der Waals surface area contributed by atoms with Gasteiger partial charge in [0.15, 0.2) is 11.5 Å². The Balaban J connectivity index is 3.20. The molecule has 0 saturated heterocycles. The van der Waals surface area contributed by atoms with E-state index in [2.05, 4.69) is 6.92 Å². The first-order valence-electron chi connectivity index (χ1n) is 5.14. The Kier molecular flexibility index (Phi) is 3.39. The fourth-order valence-corrected chi connectivity index (χ4v) is 1.50. The average Bonchev–Trinajstić information content (AvgIpc) is 2.20. The van der Waals surface area contributed by atoms with Crippen LogP contribution in [0, 0.1) is 0 Å². The molecule has 1 rings (SSSR count). The second-order valence-corrected chi connectivity index (χ2v) is 3.72. The maximum Gasteiger partial charge on any atom is 0.160 e. The topological polar surface area (TPSA) is 40.5 Å². The van der Waals surface area contributed by atoms with Gasteiger partial charge in [-0.3, -0.25) is 0 Å². The number of phenolic OH excluding ortho intramolecular Hbond substituents is 2. The standard InChI is InChI=1S/C12H18O2/c1-4-8(3)10-6-9(5-2)7-11(13)12(10)14/h6-8,13-14H,4-5H2,1-3H3. The van der Waals surface area contributed by atoms with Gasteiger partial charge in [0.1, 0.15) is 0 Å². The van der Waals surface area contributed by atoms with E-state index in [1.807, 2.05) is 19.9 Å². The Morgan fingerprint density at radius 1 is 1.21 bits per heavy atom. The molecule has 0 aliphatic rings. The normalized spacial score (nSPS) is 12.8. The molecule has 0 fully saturated rings. The van der Waals surface area contributed by atoms with E-state index >= 15 is 0 Å². The molecule has 0 spiro atoms. The molecule has 0 heterocycles. The molecule has 2 N–H and O–H groups in total. The SMILES string of the molecule is CCc1cc(O)c(O)c(C(C)CC)c1. The molecule has 14 heavy (non-hydrogen) atoms. The highest BCUT2D eigenvalue weighted by atomic mass is 16.3. The van der Waals surface area contributed by atoms with E-state index in [0.29, 0.717) is 0 Å². The van der Waals surface area contributed by atoms with Gasteiger partial charge in [0.05, 0.1) is 0 Å². The summed E-state index contributed by atoms with van der Waals surface area (Å²) in [5.41, 5.74) is 1.92. The first-order chi connectivity index (χ1) is 6.60. The number of benzene rings is 1. The average molecular weight is 194 g/mol. The number of hydrogen-bond acceptors (Lipinski definition) is 2. The van der Waals surface area contributed by atoms with Crippen molar-refractivity contribution in [1.82, 2.24) is 0 Å². The minimum Gasteiger partial charge on any atom is -0.504 e. The lowest BCUT2D eigenvalue weighted by atomic mass is 9.95. The third kappa shape index (κ3) is 2.00. The second-order valence-electron chi connectivity index (χ2n) is 3.72. The highest BCUT2D eigenvalue weighted by molar-refractivity contribution is 5.49. The predicted molar refractivity (Wildman–Crippen MR) is 57.9 cm³/mol. The second kappa shape index (κ2) is 4.36. The quantitative estimate of drug-likeness (QED) is 0.725. The minimum absolute atomic E-state index is 0.000324. The van der Waals surface area contributed by atoms with Gasteiger partial charge in [0, 0.05) is 5.56 Å². The molecule has 1 aromatic carbocycles. The van der Waals surface area contributed by atoms with Crippen LogP contribution in [-0.4, -0.2) is 10.2 Å². The van der Waals surface area contributed by atoms with Crippen LogP contribution >= 0.6 is 0 Å². The maximum absolute atomic E-state index is 9.67. The molecule has 1 aromatic rings. The molecule has 0 aromatic heterocycles. The Morgan fingerprint density at radius 2 is 1.86 bits per heavy atom. The Bertz CT molecular complexity index is 318. The highest BCUT2D eigenvalue weighted by Gasteiger charge is 2.13. The lowest BCUT2D eigenvalue weighted by molar-refractivity contribution is 0.395. The van der Waals surface area contributed by atoms with Crippen molar-refractivity contribution in [2.75, 3.05) is 0 Å². The molecule has 0 amide bonds. The Labute approximate surface area is 85.2 Å². The van der Waals surface area contributed by atoms with Gasteiger partial charge >= 0.3 is 0 Å². The zero-order valence-corrected chi connectivity index (χ0v) is 9.04. The molecule has 1 unspecified atom stereocenters. The van der Waals surface area contributed by atoms with Crippen molar-refractivity contribution in [3.63, 3.8) is 0 Å². The molecule has 0 saturated carbocycles. The Hall–Kier alpha value is -1.18. The molecule has 78 valence electrons. The largest absolute Gasteiger partial charge is 0.504 e. The van der Waals surface area contributed by atoms with Crippen LogP contribution in [0.3, 0.4) is 0 Å². The van der Waals surface area contributed by atoms with Crippen molar-refractivity contribution >= 4 is 0 Å². The summed E-state index contributed by atoms with van der Waals surface area (Å²) in [4.78, 5) is 0. The molecular formula is C12H18O2. The lowest BCUT2D eigenvalue weighted by Gasteiger charge is -2.13.